The molecule has 1 aromatic heterocycles. The minimum absolute atomic E-state index is 0.00179. The smallest absolute Gasteiger partial charge is 0.436 e. The number of hydrogen-bond acceptors (Lipinski definition) is 3. The zero-order valence-corrected chi connectivity index (χ0v) is 9.58. The average molecular weight is 244 g/mol. The van der Waals surface area contributed by atoms with Crippen molar-refractivity contribution in [3.8, 4) is 0 Å². The highest BCUT2D eigenvalue weighted by Crippen LogP contribution is 2.03. The Bertz CT molecular complexity index is 533. The van der Waals surface area contributed by atoms with Crippen LogP contribution >= 0.6 is 0 Å². The highest BCUT2D eigenvalue weighted by Gasteiger charge is 2.06. The zero-order valence-electron chi connectivity index (χ0n) is 9.58. The molecule has 0 atom stereocenters. The molecule has 1 heterocycles. The first kappa shape index (κ1) is 11.9. The molecule has 0 bridgehead atoms. The van der Waals surface area contributed by atoms with Crippen LogP contribution in [0.1, 0.15) is 11.3 Å². The first-order valence-electron chi connectivity index (χ1n) is 5.34. The van der Waals surface area contributed by atoms with Gasteiger partial charge in [-0.25, -0.2) is 4.79 Å². The van der Waals surface area contributed by atoms with Crippen LogP contribution in [-0.4, -0.2) is 11.9 Å². The molecule has 1 amide bonds. The summed E-state index contributed by atoms with van der Waals surface area (Å²) < 4.78 is 9.94. The third-order valence-corrected chi connectivity index (χ3v) is 2.19. The Morgan fingerprint density at radius 1 is 1.22 bits per heavy atom. The predicted molar refractivity (Wildman–Crippen MR) is 66.1 cm³/mol. The summed E-state index contributed by atoms with van der Waals surface area (Å²) in [5.41, 5.74) is 6.45. The molecule has 0 aliphatic carbocycles. The van der Waals surface area contributed by atoms with E-state index in [1.807, 2.05) is 30.3 Å². The summed E-state index contributed by atoms with van der Waals surface area (Å²) in [4.78, 5) is 15.0. The van der Waals surface area contributed by atoms with Gasteiger partial charge in [0.25, 0.3) is 0 Å². The van der Waals surface area contributed by atoms with Gasteiger partial charge in [0.05, 0.1) is 6.26 Å². The number of amidine groups is 1. The van der Waals surface area contributed by atoms with Crippen LogP contribution in [0.25, 0.3) is 0 Å². The van der Waals surface area contributed by atoms with Gasteiger partial charge in [-0.15, -0.1) is 0 Å². The van der Waals surface area contributed by atoms with Gasteiger partial charge in [0.1, 0.15) is 6.61 Å². The van der Waals surface area contributed by atoms with Gasteiger partial charge in [-0.1, -0.05) is 30.3 Å². The van der Waals surface area contributed by atoms with Crippen LogP contribution in [0.3, 0.4) is 0 Å². The fourth-order valence-corrected chi connectivity index (χ4v) is 1.33. The first-order valence-corrected chi connectivity index (χ1v) is 5.34. The highest BCUT2D eigenvalue weighted by atomic mass is 16.5. The maximum Gasteiger partial charge on any atom is 0.436 e. The van der Waals surface area contributed by atoms with E-state index in [1.54, 1.807) is 12.1 Å². The average Bonchev–Trinajstić information content (AvgIpc) is 2.91. The lowest BCUT2D eigenvalue weighted by molar-refractivity contribution is 0.151. The van der Waals surface area contributed by atoms with Crippen LogP contribution in [0.4, 0.5) is 4.79 Å². The van der Waals surface area contributed by atoms with Crippen LogP contribution in [0.15, 0.2) is 58.1 Å². The van der Waals surface area contributed by atoms with E-state index in [0.29, 0.717) is 5.76 Å². The van der Waals surface area contributed by atoms with E-state index in [0.717, 1.165) is 5.56 Å². The highest BCUT2D eigenvalue weighted by molar-refractivity contribution is 6.00. The molecule has 18 heavy (non-hydrogen) atoms. The molecule has 2 aromatic rings. The van der Waals surface area contributed by atoms with E-state index in [1.165, 1.54) is 6.26 Å². The summed E-state index contributed by atoms with van der Waals surface area (Å²) in [5.74, 6) is 0.338. The number of amides is 1. The van der Waals surface area contributed by atoms with Crippen LogP contribution in [0, 0.1) is 0 Å². The van der Waals surface area contributed by atoms with Crippen molar-refractivity contribution in [2.75, 3.05) is 0 Å². The Morgan fingerprint density at radius 2 is 2.00 bits per heavy atom. The molecular weight excluding hydrogens is 232 g/mol. The third kappa shape index (κ3) is 3.21. The summed E-state index contributed by atoms with van der Waals surface area (Å²) >= 11 is 0. The number of hydrogen-bond donors (Lipinski definition) is 1. The SMILES string of the molecule is NC(=NC(=O)OCc1ccccc1)c1ccco1. The maximum atomic E-state index is 11.4. The molecule has 0 radical (unpaired) electrons. The van der Waals surface area contributed by atoms with Crippen molar-refractivity contribution in [1.29, 1.82) is 0 Å². The fraction of sp³-hybridized carbons (Fsp3) is 0.0769. The van der Waals surface area contributed by atoms with E-state index in [4.69, 9.17) is 14.9 Å². The molecule has 5 heteroatoms. The van der Waals surface area contributed by atoms with Gasteiger partial charge in [-0.3, -0.25) is 0 Å². The molecule has 5 nitrogen and oxygen atoms in total. The largest absolute Gasteiger partial charge is 0.461 e. The van der Waals surface area contributed by atoms with E-state index >= 15 is 0 Å². The Hall–Kier alpha value is -2.56. The second-order valence-electron chi connectivity index (χ2n) is 3.51. The standard InChI is InChI=1S/C13H12N2O3/c14-12(11-7-4-8-17-11)15-13(16)18-9-10-5-2-1-3-6-10/h1-8H,9H2,(H2,14,15,16). The van der Waals surface area contributed by atoms with Gasteiger partial charge < -0.3 is 14.9 Å². The number of benzene rings is 1. The number of carbonyl (C=O) groups excluding carboxylic acids is 1. The molecule has 92 valence electrons. The van der Waals surface area contributed by atoms with E-state index in [2.05, 4.69) is 4.99 Å². The quantitative estimate of drug-likeness (QED) is 0.663. The monoisotopic (exact) mass is 244 g/mol. The maximum absolute atomic E-state index is 11.4. The molecule has 0 saturated carbocycles. The molecule has 0 unspecified atom stereocenters. The summed E-state index contributed by atoms with van der Waals surface area (Å²) in [6.07, 6.45) is 0.709. The van der Waals surface area contributed by atoms with Gasteiger partial charge in [0.2, 0.25) is 0 Å². The Labute approximate surface area is 104 Å². The van der Waals surface area contributed by atoms with Crippen LogP contribution in [0.5, 0.6) is 0 Å². The lowest BCUT2D eigenvalue weighted by atomic mass is 10.2. The van der Waals surface area contributed by atoms with Crippen molar-refractivity contribution < 1.29 is 13.9 Å². The normalized spacial score (nSPS) is 11.2. The van der Waals surface area contributed by atoms with Crippen LogP contribution in [-0.2, 0) is 11.3 Å². The zero-order chi connectivity index (χ0) is 12.8. The number of ether oxygens (including phenoxy) is 1. The minimum Gasteiger partial charge on any atom is -0.461 e. The van der Waals surface area contributed by atoms with Gasteiger partial charge in [-0.2, -0.15) is 4.99 Å². The van der Waals surface area contributed by atoms with Crippen molar-refractivity contribution in [1.82, 2.24) is 0 Å². The second kappa shape index (κ2) is 5.67. The lowest BCUT2D eigenvalue weighted by Crippen LogP contribution is -2.15. The first-order chi connectivity index (χ1) is 8.75. The van der Waals surface area contributed by atoms with E-state index in [-0.39, 0.29) is 12.4 Å². The molecule has 0 aliphatic rings. The Kier molecular flexibility index (Phi) is 3.76. The van der Waals surface area contributed by atoms with E-state index in [9.17, 15) is 4.79 Å². The number of rotatable bonds is 3. The Morgan fingerprint density at radius 3 is 2.67 bits per heavy atom. The Balaban J connectivity index is 1.91. The number of nitrogens with two attached hydrogens (primary N) is 1. The van der Waals surface area contributed by atoms with Crippen molar-refractivity contribution in [2.24, 2.45) is 10.7 Å². The van der Waals surface area contributed by atoms with Gasteiger partial charge in [0, 0.05) is 0 Å². The number of furan rings is 1. The lowest BCUT2D eigenvalue weighted by Gasteiger charge is -2.01. The third-order valence-electron chi connectivity index (χ3n) is 2.19. The molecule has 0 saturated heterocycles. The van der Waals surface area contributed by atoms with Crippen LogP contribution < -0.4 is 5.73 Å². The van der Waals surface area contributed by atoms with Crippen molar-refractivity contribution >= 4 is 11.9 Å². The fourth-order valence-electron chi connectivity index (χ4n) is 1.33. The predicted octanol–water partition coefficient (Wildman–Crippen LogP) is 2.32. The topological polar surface area (TPSA) is 77.8 Å². The summed E-state index contributed by atoms with van der Waals surface area (Å²) in [6, 6.07) is 12.6. The molecule has 2 rings (SSSR count). The van der Waals surface area contributed by atoms with Crippen molar-refractivity contribution in [3.63, 3.8) is 0 Å². The molecule has 0 aliphatic heterocycles. The molecule has 1 aromatic carbocycles. The van der Waals surface area contributed by atoms with Gasteiger partial charge in [0.15, 0.2) is 11.6 Å². The molecule has 0 fully saturated rings. The summed E-state index contributed by atoms with van der Waals surface area (Å²) in [6.45, 7) is 0.161. The van der Waals surface area contributed by atoms with Gasteiger partial charge in [-0.05, 0) is 17.7 Å². The molecule has 2 N–H and O–H groups in total. The van der Waals surface area contributed by atoms with Crippen molar-refractivity contribution in [2.45, 2.75) is 6.61 Å². The molecule has 0 spiro atoms. The van der Waals surface area contributed by atoms with Gasteiger partial charge >= 0.3 is 6.09 Å². The van der Waals surface area contributed by atoms with Crippen molar-refractivity contribution in [3.05, 3.63) is 60.1 Å². The molecular formula is C13H12N2O3. The number of aliphatic imine (C=N–C) groups is 1. The van der Waals surface area contributed by atoms with Crippen LogP contribution in [0.2, 0.25) is 0 Å². The summed E-state index contributed by atoms with van der Waals surface area (Å²) in [7, 11) is 0. The number of carbonyl (C=O) groups is 1. The number of nitrogens with zero attached hydrogens (tertiary/aromatic N) is 1. The minimum atomic E-state index is -0.743. The second-order valence-corrected chi connectivity index (χ2v) is 3.51. The summed E-state index contributed by atoms with van der Waals surface area (Å²) in [5, 5.41) is 0. The van der Waals surface area contributed by atoms with E-state index < -0.39 is 6.09 Å².